The van der Waals surface area contributed by atoms with Crippen LogP contribution in [0.15, 0.2) is 60.7 Å². The third kappa shape index (κ3) is 3.88. The van der Waals surface area contributed by atoms with E-state index < -0.39 is 23.5 Å². The van der Waals surface area contributed by atoms with Gasteiger partial charge in [-0.1, -0.05) is 60.7 Å². The summed E-state index contributed by atoms with van der Waals surface area (Å²) in [7, 11) is 0. The fraction of sp³-hybridized carbons (Fsp3) is 0.0625. The molecule has 2 N–H and O–H groups in total. The van der Waals surface area contributed by atoms with Crippen molar-refractivity contribution in [2.24, 2.45) is 0 Å². The quantitative estimate of drug-likeness (QED) is 0.514. The van der Waals surface area contributed by atoms with Crippen LogP contribution in [0.25, 0.3) is 11.3 Å². The summed E-state index contributed by atoms with van der Waals surface area (Å²) in [4.78, 5) is 11.5. The molecule has 0 heterocycles. The van der Waals surface area contributed by atoms with E-state index in [0.717, 1.165) is 0 Å². The van der Waals surface area contributed by atoms with E-state index in [1.165, 1.54) is 41.7 Å². The Morgan fingerprint density at radius 3 is 1.73 bits per heavy atom. The van der Waals surface area contributed by atoms with Gasteiger partial charge in [0.1, 0.15) is 0 Å². The highest BCUT2D eigenvalue weighted by molar-refractivity contribution is 6.23. The van der Waals surface area contributed by atoms with E-state index in [4.69, 9.17) is 0 Å². The second-order valence-electron chi connectivity index (χ2n) is 4.41. The van der Waals surface area contributed by atoms with Crippen LogP contribution in [0.3, 0.4) is 0 Å². The maximum absolute atomic E-state index is 12.8. The van der Waals surface area contributed by atoms with Crippen molar-refractivity contribution in [1.29, 1.82) is 0 Å². The van der Waals surface area contributed by atoms with E-state index in [9.17, 15) is 23.1 Å². The molecule has 0 radical (unpaired) electrons. The number of carbonyl (C=O) groups is 1. The fourth-order valence-corrected chi connectivity index (χ4v) is 2.01. The molecule has 6 heteroatoms. The van der Waals surface area contributed by atoms with Crippen molar-refractivity contribution in [3.05, 3.63) is 71.8 Å². The van der Waals surface area contributed by atoms with Gasteiger partial charge in [0.15, 0.2) is 0 Å². The summed E-state index contributed by atoms with van der Waals surface area (Å²) in [5, 5.41) is 10.7. The van der Waals surface area contributed by atoms with Crippen LogP contribution in [0.5, 0.6) is 0 Å². The summed E-state index contributed by atoms with van der Waals surface area (Å²) in [6.07, 6.45) is -4.75. The Balaban J connectivity index is 2.69. The number of rotatable bonds is 4. The first kappa shape index (κ1) is 15.6. The zero-order chi connectivity index (χ0) is 16.2. The molecular formula is C16H12F3NO2. The van der Waals surface area contributed by atoms with Gasteiger partial charge in [-0.3, -0.25) is 5.32 Å². The van der Waals surface area contributed by atoms with Crippen molar-refractivity contribution in [2.75, 3.05) is 0 Å². The summed E-state index contributed by atoms with van der Waals surface area (Å²) in [6.45, 7) is 0. The number of carboxylic acids is 1. The number of alkyl halides is 3. The van der Waals surface area contributed by atoms with Gasteiger partial charge in [-0.25, -0.2) is 4.79 Å². The van der Waals surface area contributed by atoms with Crippen LogP contribution in [0, 0.1) is 0 Å². The lowest BCUT2D eigenvalue weighted by Crippen LogP contribution is -2.31. The van der Waals surface area contributed by atoms with Crippen molar-refractivity contribution >= 4 is 17.2 Å². The number of hydrogen-bond donors (Lipinski definition) is 2. The zero-order valence-corrected chi connectivity index (χ0v) is 11.3. The molecule has 22 heavy (non-hydrogen) atoms. The van der Waals surface area contributed by atoms with Crippen molar-refractivity contribution in [1.82, 2.24) is 5.32 Å². The molecule has 2 aromatic rings. The van der Waals surface area contributed by atoms with Crippen LogP contribution in [0.1, 0.15) is 11.1 Å². The Hall–Kier alpha value is -2.76. The zero-order valence-electron chi connectivity index (χ0n) is 11.3. The smallest absolute Gasteiger partial charge is 0.478 e. The number of hydrogen-bond acceptors (Lipinski definition) is 2. The summed E-state index contributed by atoms with van der Waals surface area (Å²) in [5.41, 5.74) is -0.609. The molecule has 114 valence electrons. The molecule has 0 spiro atoms. The Morgan fingerprint density at radius 1 is 0.864 bits per heavy atom. The molecule has 0 bridgehead atoms. The van der Waals surface area contributed by atoms with Gasteiger partial charge in [-0.2, -0.15) is 13.2 Å². The molecule has 0 unspecified atom stereocenters. The van der Waals surface area contributed by atoms with Gasteiger partial charge in [0.2, 0.25) is 0 Å². The number of halogens is 3. The van der Waals surface area contributed by atoms with Crippen LogP contribution >= 0.6 is 0 Å². The van der Waals surface area contributed by atoms with Crippen LogP contribution in [-0.2, 0) is 4.79 Å². The molecule has 2 aromatic carbocycles. The third-order valence-electron chi connectivity index (χ3n) is 2.86. The van der Waals surface area contributed by atoms with Gasteiger partial charge in [-0.05, 0) is 11.1 Å². The molecule has 2 rings (SSSR count). The molecule has 0 fully saturated rings. The van der Waals surface area contributed by atoms with Gasteiger partial charge in [-0.15, -0.1) is 0 Å². The van der Waals surface area contributed by atoms with Crippen LogP contribution in [-0.4, -0.2) is 17.4 Å². The molecule has 0 saturated heterocycles. The molecule has 0 atom stereocenters. The largest absolute Gasteiger partial charge is 0.482 e. The van der Waals surface area contributed by atoms with Gasteiger partial charge in [0, 0.05) is 0 Å². The standard InChI is InChI=1S/C16H12F3NO2/c17-16(18,19)20-14(12-9-5-2-6-10-12)13(15(21)22)11-7-3-1-4-8-11/h1-10,20H,(H,21,22)/b14-13+. The van der Waals surface area contributed by atoms with Crippen LogP contribution in [0.2, 0.25) is 0 Å². The number of aliphatic carboxylic acids is 1. The first-order valence-electron chi connectivity index (χ1n) is 6.32. The number of benzene rings is 2. The number of nitrogens with one attached hydrogen (secondary N) is 1. The SMILES string of the molecule is O=C(O)/C(=C(/NC(F)(F)F)c1ccccc1)c1ccccc1. The van der Waals surface area contributed by atoms with Crippen LogP contribution in [0.4, 0.5) is 13.2 Å². The minimum absolute atomic E-state index is 0.140. The molecule has 0 aliphatic carbocycles. The second kappa shape index (κ2) is 6.34. The summed E-state index contributed by atoms with van der Waals surface area (Å²) >= 11 is 0. The predicted molar refractivity (Wildman–Crippen MR) is 76.5 cm³/mol. The van der Waals surface area contributed by atoms with Gasteiger partial charge < -0.3 is 5.11 Å². The van der Waals surface area contributed by atoms with E-state index >= 15 is 0 Å². The number of carboxylic acid groups (broad SMARTS) is 1. The van der Waals surface area contributed by atoms with Crippen molar-refractivity contribution in [2.45, 2.75) is 6.30 Å². The Kier molecular flexibility index (Phi) is 4.50. The lowest BCUT2D eigenvalue weighted by atomic mass is 9.99. The average Bonchev–Trinajstić information content (AvgIpc) is 2.47. The van der Waals surface area contributed by atoms with E-state index in [0.29, 0.717) is 0 Å². The predicted octanol–water partition coefficient (Wildman–Crippen LogP) is 3.75. The first-order valence-corrected chi connectivity index (χ1v) is 6.32. The fourth-order valence-electron chi connectivity index (χ4n) is 2.01. The molecule has 0 aromatic heterocycles. The Morgan fingerprint density at radius 2 is 1.32 bits per heavy atom. The van der Waals surface area contributed by atoms with E-state index in [2.05, 4.69) is 0 Å². The molecule has 3 nitrogen and oxygen atoms in total. The van der Waals surface area contributed by atoms with E-state index in [1.807, 2.05) is 0 Å². The Bertz CT molecular complexity index is 680. The maximum atomic E-state index is 12.8. The Labute approximate surface area is 124 Å². The first-order chi connectivity index (χ1) is 10.4. The molecule has 0 saturated carbocycles. The van der Waals surface area contributed by atoms with Crippen molar-refractivity contribution in [3.63, 3.8) is 0 Å². The van der Waals surface area contributed by atoms with Gasteiger partial charge >= 0.3 is 12.3 Å². The van der Waals surface area contributed by atoms with Crippen molar-refractivity contribution < 1.29 is 23.1 Å². The topological polar surface area (TPSA) is 49.3 Å². The minimum atomic E-state index is -4.75. The maximum Gasteiger partial charge on any atom is 0.482 e. The lowest BCUT2D eigenvalue weighted by Gasteiger charge is -2.17. The highest BCUT2D eigenvalue weighted by Crippen LogP contribution is 2.28. The van der Waals surface area contributed by atoms with Crippen molar-refractivity contribution in [3.8, 4) is 0 Å². The highest BCUT2D eigenvalue weighted by atomic mass is 19.4. The molecule has 0 amide bonds. The minimum Gasteiger partial charge on any atom is -0.478 e. The summed E-state index contributed by atoms with van der Waals surface area (Å²) in [6, 6.07) is 15.2. The molecule has 0 aliphatic heterocycles. The summed E-state index contributed by atoms with van der Waals surface area (Å²) < 4.78 is 38.4. The highest BCUT2D eigenvalue weighted by Gasteiger charge is 2.31. The molecular weight excluding hydrogens is 295 g/mol. The lowest BCUT2D eigenvalue weighted by molar-refractivity contribution is -0.144. The van der Waals surface area contributed by atoms with E-state index in [1.54, 1.807) is 24.3 Å². The normalized spacial score (nSPS) is 12.5. The summed E-state index contributed by atoms with van der Waals surface area (Å²) in [5.74, 6) is -1.44. The third-order valence-corrected chi connectivity index (χ3v) is 2.86. The van der Waals surface area contributed by atoms with Crippen LogP contribution < -0.4 is 5.32 Å². The average molecular weight is 307 g/mol. The molecule has 0 aliphatic rings. The van der Waals surface area contributed by atoms with E-state index in [-0.39, 0.29) is 11.1 Å². The monoisotopic (exact) mass is 307 g/mol. The second-order valence-corrected chi connectivity index (χ2v) is 4.41. The van der Waals surface area contributed by atoms with Gasteiger partial charge in [0.05, 0.1) is 11.3 Å². The van der Waals surface area contributed by atoms with Gasteiger partial charge in [0.25, 0.3) is 0 Å².